The maximum Gasteiger partial charge on any atom is 0.331 e. The van der Waals surface area contributed by atoms with Crippen molar-refractivity contribution in [1.82, 2.24) is 0 Å². The van der Waals surface area contributed by atoms with Gasteiger partial charge in [-0.1, -0.05) is 0 Å². The molecule has 0 N–H and O–H groups in total. The lowest BCUT2D eigenvalue weighted by atomic mass is 10.2. The van der Waals surface area contributed by atoms with E-state index in [1.807, 2.05) is 12.1 Å². The lowest BCUT2D eigenvalue weighted by Gasteiger charge is -2.09. The normalized spacial score (nSPS) is 17.6. The summed E-state index contributed by atoms with van der Waals surface area (Å²) in [6.45, 7) is 2.16. The van der Waals surface area contributed by atoms with Crippen LogP contribution in [0.25, 0.3) is 0 Å². The Balaban J connectivity index is 2.24. The summed E-state index contributed by atoms with van der Waals surface area (Å²) >= 11 is 1.53. The van der Waals surface area contributed by atoms with Crippen molar-refractivity contribution in [2.45, 2.75) is 13.0 Å². The fourth-order valence-corrected chi connectivity index (χ4v) is 2.91. The third-order valence-electron chi connectivity index (χ3n) is 2.85. The molecule has 108 valence electrons. The third-order valence-corrected chi connectivity index (χ3v) is 3.93. The molecule has 1 aromatic rings. The highest BCUT2D eigenvalue weighted by molar-refractivity contribution is 8.14. The number of hydrogen-bond acceptors (Lipinski definition) is 6. The molecule has 1 heterocycles. The first kappa shape index (κ1) is 14.7. The average Bonchev–Trinajstić information content (AvgIpc) is 2.96. The average molecular weight is 295 g/mol. The van der Waals surface area contributed by atoms with Crippen LogP contribution in [0.1, 0.15) is 12.5 Å². The number of methoxy groups -OCH3 is 2. The molecule has 0 aromatic heterocycles. The minimum absolute atomic E-state index is 0.275. The van der Waals surface area contributed by atoms with E-state index in [1.54, 1.807) is 27.2 Å². The molecule has 1 aliphatic rings. The summed E-state index contributed by atoms with van der Waals surface area (Å²) in [5, 5.41) is 0.794. The number of esters is 1. The van der Waals surface area contributed by atoms with Gasteiger partial charge in [0.15, 0.2) is 6.04 Å². The summed E-state index contributed by atoms with van der Waals surface area (Å²) in [4.78, 5) is 16.1. The van der Waals surface area contributed by atoms with E-state index in [1.165, 1.54) is 11.8 Å². The maximum absolute atomic E-state index is 11.7. The first-order valence-electron chi connectivity index (χ1n) is 6.29. The van der Waals surface area contributed by atoms with Gasteiger partial charge in [0, 0.05) is 17.4 Å². The molecule has 1 aromatic carbocycles. The first-order valence-corrected chi connectivity index (χ1v) is 7.27. The predicted molar refractivity (Wildman–Crippen MR) is 79.0 cm³/mol. The second-order valence-electron chi connectivity index (χ2n) is 4.08. The fraction of sp³-hybridized carbons (Fsp3) is 0.429. The summed E-state index contributed by atoms with van der Waals surface area (Å²) in [7, 11) is 3.20. The third kappa shape index (κ3) is 3.07. The molecular formula is C14H17NO4S. The number of carbonyl (C=O) groups excluding carboxylic acids is 1. The van der Waals surface area contributed by atoms with Gasteiger partial charge in [-0.05, 0) is 19.1 Å². The van der Waals surface area contributed by atoms with Gasteiger partial charge in [-0.25, -0.2) is 4.79 Å². The first-order chi connectivity index (χ1) is 9.69. The molecule has 0 saturated carbocycles. The Bertz CT molecular complexity index is 530. The molecule has 0 aliphatic carbocycles. The fourth-order valence-electron chi connectivity index (χ4n) is 1.86. The van der Waals surface area contributed by atoms with E-state index in [2.05, 4.69) is 4.99 Å². The van der Waals surface area contributed by atoms with Crippen LogP contribution < -0.4 is 9.47 Å². The number of ether oxygens (including phenoxy) is 3. The van der Waals surface area contributed by atoms with Crippen LogP contribution in [0.4, 0.5) is 0 Å². The van der Waals surface area contributed by atoms with Crippen LogP contribution in [-0.2, 0) is 9.53 Å². The van der Waals surface area contributed by atoms with Crippen LogP contribution >= 0.6 is 11.8 Å². The number of hydrogen-bond donors (Lipinski definition) is 0. The Morgan fingerprint density at radius 2 is 2.20 bits per heavy atom. The van der Waals surface area contributed by atoms with Crippen LogP contribution in [0.15, 0.2) is 23.2 Å². The van der Waals surface area contributed by atoms with Crippen molar-refractivity contribution in [2.75, 3.05) is 26.6 Å². The topological polar surface area (TPSA) is 57.1 Å². The molecule has 0 saturated heterocycles. The Kier molecular flexibility index (Phi) is 4.89. The van der Waals surface area contributed by atoms with Crippen LogP contribution in [0.2, 0.25) is 0 Å². The van der Waals surface area contributed by atoms with Crippen LogP contribution in [-0.4, -0.2) is 43.6 Å². The van der Waals surface area contributed by atoms with Crippen molar-refractivity contribution in [3.05, 3.63) is 23.8 Å². The van der Waals surface area contributed by atoms with E-state index in [0.717, 1.165) is 16.4 Å². The molecular weight excluding hydrogens is 278 g/mol. The van der Waals surface area contributed by atoms with Gasteiger partial charge in [-0.15, -0.1) is 11.8 Å². The molecule has 1 aliphatic heterocycles. The van der Waals surface area contributed by atoms with E-state index in [-0.39, 0.29) is 5.97 Å². The molecule has 0 radical (unpaired) electrons. The predicted octanol–water partition coefficient (Wildman–Crippen LogP) is 2.13. The smallest absolute Gasteiger partial charge is 0.331 e. The van der Waals surface area contributed by atoms with E-state index in [0.29, 0.717) is 18.1 Å². The maximum atomic E-state index is 11.7. The zero-order valence-electron chi connectivity index (χ0n) is 11.7. The summed E-state index contributed by atoms with van der Waals surface area (Å²) in [5.74, 6) is 1.72. The summed E-state index contributed by atoms with van der Waals surface area (Å²) < 4.78 is 15.5. The van der Waals surface area contributed by atoms with Gasteiger partial charge >= 0.3 is 5.97 Å². The highest BCUT2D eigenvalue weighted by Crippen LogP contribution is 2.32. The summed E-state index contributed by atoms with van der Waals surface area (Å²) in [6, 6.07) is 5.10. The van der Waals surface area contributed by atoms with Gasteiger partial charge in [-0.2, -0.15) is 0 Å². The molecule has 1 atom stereocenters. The van der Waals surface area contributed by atoms with Crippen molar-refractivity contribution in [3.63, 3.8) is 0 Å². The molecule has 5 nitrogen and oxygen atoms in total. The Hall–Kier alpha value is -1.69. The van der Waals surface area contributed by atoms with Gasteiger partial charge in [-0.3, -0.25) is 4.99 Å². The number of carbonyl (C=O) groups is 1. The van der Waals surface area contributed by atoms with Crippen LogP contribution in [0.3, 0.4) is 0 Å². The SMILES string of the molecule is CCOC(=O)C1CSC(c2ccc(OC)cc2OC)=N1. The molecule has 0 bridgehead atoms. The molecule has 0 fully saturated rings. The van der Waals surface area contributed by atoms with Crippen molar-refractivity contribution >= 4 is 22.8 Å². The van der Waals surface area contributed by atoms with Crippen molar-refractivity contribution < 1.29 is 19.0 Å². The van der Waals surface area contributed by atoms with E-state index in [9.17, 15) is 4.79 Å². The minimum Gasteiger partial charge on any atom is -0.497 e. The minimum atomic E-state index is -0.429. The molecule has 2 rings (SSSR count). The number of aliphatic imine (C=N–C) groups is 1. The number of thioether (sulfide) groups is 1. The lowest BCUT2D eigenvalue weighted by Crippen LogP contribution is -2.21. The Labute approximate surface area is 122 Å². The second-order valence-corrected chi connectivity index (χ2v) is 5.09. The molecule has 6 heteroatoms. The van der Waals surface area contributed by atoms with Gasteiger partial charge in [0.05, 0.1) is 20.8 Å². The Morgan fingerprint density at radius 3 is 2.85 bits per heavy atom. The van der Waals surface area contributed by atoms with E-state index in [4.69, 9.17) is 14.2 Å². The summed E-state index contributed by atoms with van der Waals surface area (Å²) in [5.41, 5.74) is 0.866. The van der Waals surface area contributed by atoms with Gasteiger partial charge in [0.2, 0.25) is 0 Å². The molecule has 0 amide bonds. The zero-order chi connectivity index (χ0) is 14.5. The van der Waals surface area contributed by atoms with Crippen molar-refractivity contribution in [3.8, 4) is 11.5 Å². The van der Waals surface area contributed by atoms with Crippen LogP contribution in [0, 0.1) is 0 Å². The number of nitrogens with zero attached hydrogens (tertiary/aromatic N) is 1. The quantitative estimate of drug-likeness (QED) is 0.779. The standard InChI is InChI=1S/C14H17NO4S/c1-4-19-14(16)11-8-20-13(15-11)10-6-5-9(17-2)7-12(10)18-3/h5-7,11H,4,8H2,1-3H3. The largest absolute Gasteiger partial charge is 0.497 e. The number of benzene rings is 1. The number of rotatable bonds is 5. The van der Waals surface area contributed by atoms with Gasteiger partial charge in [0.1, 0.15) is 16.5 Å². The monoisotopic (exact) mass is 295 g/mol. The molecule has 20 heavy (non-hydrogen) atoms. The van der Waals surface area contributed by atoms with Gasteiger partial charge in [0.25, 0.3) is 0 Å². The van der Waals surface area contributed by atoms with E-state index >= 15 is 0 Å². The molecule has 1 unspecified atom stereocenters. The highest BCUT2D eigenvalue weighted by Gasteiger charge is 2.28. The Morgan fingerprint density at radius 1 is 1.40 bits per heavy atom. The van der Waals surface area contributed by atoms with Crippen LogP contribution in [0.5, 0.6) is 11.5 Å². The second kappa shape index (κ2) is 6.65. The highest BCUT2D eigenvalue weighted by atomic mass is 32.2. The van der Waals surface area contributed by atoms with E-state index < -0.39 is 6.04 Å². The van der Waals surface area contributed by atoms with Gasteiger partial charge < -0.3 is 14.2 Å². The zero-order valence-corrected chi connectivity index (χ0v) is 12.5. The van der Waals surface area contributed by atoms with Crippen molar-refractivity contribution in [2.24, 2.45) is 4.99 Å². The summed E-state index contributed by atoms with van der Waals surface area (Å²) in [6.07, 6.45) is 0. The van der Waals surface area contributed by atoms with Crippen molar-refractivity contribution in [1.29, 1.82) is 0 Å². The molecule has 0 spiro atoms. The lowest BCUT2D eigenvalue weighted by molar-refractivity contribution is -0.143.